The van der Waals surface area contributed by atoms with Gasteiger partial charge >= 0.3 is 5.97 Å². The van der Waals surface area contributed by atoms with E-state index in [1.54, 1.807) is 12.1 Å². The molecule has 1 fully saturated rings. The smallest absolute Gasteiger partial charge is 0.308 e. The van der Waals surface area contributed by atoms with E-state index in [1.165, 1.54) is 12.4 Å². The number of hydrogen-bond acceptors (Lipinski definition) is 7. The van der Waals surface area contributed by atoms with Crippen LogP contribution in [-0.2, 0) is 14.4 Å². The number of ether oxygens (including phenoxy) is 1. The fraction of sp³-hybridized carbons (Fsp3) is 0.200. The lowest BCUT2D eigenvalue weighted by Gasteiger charge is -2.11. The Morgan fingerprint density at radius 3 is 2.43 bits per heavy atom. The Hall–Kier alpha value is -3.16. The standard InChI is InChI=1S/C15H12N2O6/c1-8(18)22-14-12(21)13(9-4-6-16-7-5-9)23-15(14)17-10(19)2-3-11(17)20/h4-7,21H,2-3H2,1H3. The van der Waals surface area contributed by atoms with Crippen molar-refractivity contribution in [3.8, 4) is 22.8 Å². The molecule has 1 N–H and O–H groups in total. The van der Waals surface area contributed by atoms with Crippen molar-refractivity contribution in [3.63, 3.8) is 0 Å². The molecule has 8 nitrogen and oxygen atoms in total. The SMILES string of the molecule is CC(=O)Oc1c(N2C(=O)CCC2=O)oc(-c2ccncc2)c1O. The van der Waals surface area contributed by atoms with E-state index in [2.05, 4.69) is 4.98 Å². The van der Waals surface area contributed by atoms with Crippen LogP contribution in [0.2, 0.25) is 0 Å². The summed E-state index contributed by atoms with van der Waals surface area (Å²) < 4.78 is 10.4. The minimum absolute atomic E-state index is 0.0221. The van der Waals surface area contributed by atoms with Crippen LogP contribution in [0.4, 0.5) is 5.88 Å². The molecule has 2 aromatic heterocycles. The van der Waals surface area contributed by atoms with E-state index >= 15 is 0 Å². The first-order chi connectivity index (χ1) is 11.0. The summed E-state index contributed by atoms with van der Waals surface area (Å²) in [5.41, 5.74) is 0.455. The molecule has 23 heavy (non-hydrogen) atoms. The summed E-state index contributed by atoms with van der Waals surface area (Å²) in [7, 11) is 0. The number of aromatic hydroxyl groups is 1. The number of amides is 2. The highest BCUT2D eigenvalue weighted by atomic mass is 16.6. The number of esters is 1. The zero-order valence-electron chi connectivity index (χ0n) is 12.1. The van der Waals surface area contributed by atoms with Gasteiger partial charge < -0.3 is 14.3 Å². The lowest BCUT2D eigenvalue weighted by molar-refractivity contribution is -0.132. The highest BCUT2D eigenvalue weighted by Gasteiger charge is 2.38. The van der Waals surface area contributed by atoms with E-state index in [4.69, 9.17) is 9.15 Å². The highest BCUT2D eigenvalue weighted by Crippen LogP contribution is 2.48. The van der Waals surface area contributed by atoms with Crippen molar-refractivity contribution >= 4 is 23.7 Å². The summed E-state index contributed by atoms with van der Waals surface area (Å²) in [6.07, 6.45) is 3.03. The molecule has 0 atom stereocenters. The highest BCUT2D eigenvalue weighted by molar-refractivity contribution is 6.20. The molecular weight excluding hydrogens is 304 g/mol. The third-order valence-electron chi connectivity index (χ3n) is 3.27. The topological polar surface area (TPSA) is 110 Å². The maximum Gasteiger partial charge on any atom is 0.308 e. The molecule has 0 saturated carbocycles. The molecule has 0 aromatic carbocycles. The van der Waals surface area contributed by atoms with Gasteiger partial charge in [0.15, 0.2) is 5.76 Å². The Morgan fingerprint density at radius 2 is 1.87 bits per heavy atom. The molecule has 0 spiro atoms. The Kier molecular flexibility index (Phi) is 3.57. The lowest BCUT2D eigenvalue weighted by Crippen LogP contribution is -2.28. The molecule has 0 radical (unpaired) electrons. The monoisotopic (exact) mass is 316 g/mol. The molecule has 1 aliphatic rings. The Morgan fingerprint density at radius 1 is 1.26 bits per heavy atom. The Balaban J connectivity index is 2.16. The van der Waals surface area contributed by atoms with Crippen LogP contribution in [0.3, 0.4) is 0 Å². The van der Waals surface area contributed by atoms with Gasteiger partial charge in [0.1, 0.15) is 0 Å². The van der Waals surface area contributed by atoms with Crippen LogP contribution in [0.5, 0.6) is 11.5 Å². The third kappa shape index (κ3) is 2.54. The zero-order chi connectivity index (χ0) is 16.6. The van der Waals surface area contributed by atoms with Gasteiger partial charge in [0.2, 0.25) is 23.3 Å². The van der Waals surface area contributed by atoms with Crippen LogP contribution in [0.1, 0.15) is 19.8 Å². The van der Waals surface area contributed by atoms with Crippen molar-refractivity contribution < 1.29 is 28.6 Å². The number of pyridine rings is 1. The van der Waals surface area contributed by atoms with Gasteiger partial charge in [-0.25, -0.2) is 4.90 Å². The largest absolute Gasteiger partial charge is 0.502 e. The number of carbonyl (C=O) groups excluding carboxylic acids is 3. The minimum atomic E-state index is -0.720. The van der Waals surface area contributed by atoms with Gasteiger partial charge in [0.05, 0.1) is 0 Å². The van der Waals surface area contributed by atoms with Crippen LogP contribution in [0.25, 0.3) is 11.3 Å². The maximum atomic E-state index is 11.9. The van der Waals surface area contributed by atoms with Gasteiger partial charge in [-0.3, -0.25) is 19.4 Å². The summed E-state index contributed by atoms with van der Waals surface area (Å²) in [5.74, 6) is -2.83. The van der Waals surface area contributed by atoms with Gasteiger partial charge in [0.25, 0.3) is 5.88 Å². The predicted molar refractivity (Wildman–Crippen MR) is 76.6 cm³/mol. The van der Waals surface area contributed by atoms with E-state index < -0.39 is 23.5 Å². The fourth-order valence-corrected chi connectivity index (χ4v) is 2.28. The summed E-state index contributed by atoms with van der Waals surface area (Å²) in [4.78, 5) is 39.7. The van der Waals surface area contributed by atoms with Crippen molar-refractivity contribution in [2.45, 2.75) is 19.8 Å². The van der Waals surface area contributed by atoms with E-state index in [0.29, 0.717) is 5.56 Å². The molecule has 1 aliphatic heterocycles. The number of furan rings is 1. The number of carbonyl (C=O) groups is 3. The molecular formula is C15H12N2O6. The average molecular weight is 316 g/mol. The number of imide groups is 1. The zero-order valence-corrected chi connectivity index (χ0v) is 12.1. The molecule has 2 aromatic rings. The second-order valence-electron chi connectivity index (χ2n) is 4.87. The van der Waals surface area contributed by atoms with E-state index in [1.807, 2.05) is 0 Å². The molecule has 0 bridgehead atoms. The van der Waals surface area contributed by atoms with Gasteiger partial charge in [-0.15, -0.1) is 0 Å². The second-order valence-corrected chi connectivity index (χ2v) is 4.87. The molecule has 0 aliphatic carbocycles. The first-order valence-electron chi connectivity index (χ1n) is 6.79. The molecule has 3 rings (SSSR count). The van der Waals surface area contributed by atoms with Crippen molar-refractivity contribution in [2.75, 3.05) is 4.90 Å². The normalized spacial score (nSPS) is 14.4. The molecule has 2 amide bonds. The predicted octanol–water partition coefficient (Wildman–Crippen LogP) is 1.63. The molecule has 3 heterocycles. The quantitative estimate of drug-likeness (QED) is 0.676. The van der Waals surface area contributed by atoms with Gasteiger partial charge in [-0.1, -0.05) is 0 Å². The molecule has 8 heteroatoms. The number of aromatic nitrogens is 1. The Bertz CT molecular complexity index is 780. The third-order valence-corrected chi connectivity index (χ3v) is 3.27. The number of hydrogen-bond donors (Lipinski definition) is 1. The van der Waals surface area contributed by atoms with Crippen LogP contribution in [0, 0.1) is 0 Å². The summed E-state index contributed by atoms with van der Waals surface area (Å²) in [6, 6.07) is 3.13. The fourth-order valence-electron chi connectivity index (χ4n) is 2.28. The van der Waals surface area contributed by atoms with Crippen LogP contribution in [-0.4, -0.2) is 27.9 Å². The lowest BCUT2D eigenvalue weighted by atomic mass is 10.2. The minimum Gasteiger partial charge on any atom is -0.502 e. The summed E-state index contributed by atoms with van der Waals surface area (Å²) in [6.45, 7) is 1.13. The van der Waals surface area contributed by atoms with Crippen LogP contribution < -0.4 is 9.64 Å². The van der Waals surface area contributed by atoms with Crippen LogP contribution in [0.15, 0.2) is 28.9 Å². The molecule has 0 unspecified atom stereocenters. The average Bonchev–Trinajstić information content (AvgIpc) is 3.01. The number of nitrogens with zero attached hydrogens (tertiary/aromatic N) is 2. The maximum absolute atomic E-state index is 11.9. The summed E-state index contributed by atoms with van der Waals surface area (Å²) in [5, 5.41) is 10.3. The van der Waals surface area contributed by atoms with E-state index in [9.17, 15) is 19.5 Å². The second kappa shape index (κ2) is 5.56. The van der Waals surface area contributed by atoms with Crippen molar-refractivity contribution in [3.05, 3.63) is 24.5 Å². The van der Waals surface area contributed by atoms with Crippen molar-refractivity contribution in [1.29, 1.82) is 0 Å². The molecule has 1 saturated heterocycles. The first kappa shape index (κ1) is 14.8. The summed E-state index contributed by atoms with van der Waals surface area (Å²) >= 11 is 0. The number of rotatable bonds is 3. The van der Waals surface area contributed by atoms with Gasteiger partial charge in [-0.05, 0) is 12.1 Å². The van der Waals surface area contributed by atoms with Crippen molar-refractivity contribution in [1.82, 2.24) is 4.98 Å². The molecule has 118 valence electrons. The number of anilines is 1. The van der Waals surface area contributed by atoms with E-state index in [0.717, 1.165) is 11.8 Å². The van der Waals surface area contributed by atoms with Gasteiger partial charge in [-0.2, -0.15) is 0 Å². The first-order valence-corrected chi connectivity index (χ1v) is 6.79. The van der Waals surface area contributed by atoms with E-state index in [-0.39, 0.29) is 30.2 Å². The van der Waals surface area contributed by atoms with Crippen LogP contribution >= 0.6 is 0 Å². The Labute approximate surface area is 130 Å². The van der Waals surface area contributed by atoms with Crippen molar-refractivity contribution in [2.24, 2.45) is 0 Å². The van der Waals surface area contributed by atoms with Gasteiger partial charge in [0, 0.05) is 37.7 Å².